The van der Waals surface area contributed by atoms with Crippen LogP contribution in [0.4, 0.5) is 8.78 Å². The summed E-state index contributed by atoms with van der Waals surface area (Å²) in [7, 11) is 0. The fourth-order valence-electron chi connectivity index (χ4n) is 3.21. The Kier molecular flexibility index (Phi) is 5.82. The lowest BCUT2D eigenvalue weighted by Gasteiger charge is -2.15. The highest BCUT2D eigenvalue weighted by atomic mass is 35.5. The van der Waals surface area contributed by atoms with Crippen LogP contribution in [-0.4, -0.2) is 27.0 Å². The molecule has 162 valence electrons. The molecule has 0 bridgehead atoms. The quantitative estimate of drug-likeness (QED) is 0.361. The van der Waals surface area contributed by atoms with Gasteiger partial charge in [0.2, 0.25) is 0 Å². The number of hydrogen-bond acceptors (Lipinski definition) is 3. The average Bonchev–Trinajstić information content (AvgIpc) is 3.16. The van der Waals surface area contributed by atoms with Crippen LogP contribution < -0.4 is 5.32 Å². The number of nitrogens with one attached hydrogen (secondary N) is 2. The number of aromatic nitrogens is 2. The van der Waals surface area contributed by atoms with Gasteiger partial charge in [0.25, 0.3) is 5.91 Å². The van der Waals surface area contributed by atoms with E-state index in [9.17, 15) is 23.5 Å². The number of nitrogens with zero attached hydrogens (tertiary/aromatic N) is 1. The second-order valence-electron chi connectivity index (χ2n) is 6.83. The third-order valence-corrected chi connectivity index (χ3v) is 5.33. The predicted molar refractivity (Wildman–Crippen MR) is 116 cm³/mol. The number of aromatic amines is 1. The average molecular weight is 476 g/mol. The lowest BCUT2D eigenvalue weighted by molar-refractivity contribution is -0.139. The number of imidazole rings is 1. The summed E-state index contributed by atoms with van der Waals surface area (Å²) < 4.78 is 27.4. The van der Waals surface area contributed by atoms with Crippen molar-refractivity contribution in [2.24, 2.45) is 0 Å². The molecule has 0 aliphatic carbocycles. The molecule has 6 nitrogen and oxygen atoms in total. The number of benzene rings is 3. The minimum Gasteiger partial charge on any atom is -0.479 e. The number of fused-ring (bicyclic) bond motifs is 1. The van der Waals surface area contributed by atoms with Crippen LogP contribution in [-0.2, 0) is 4.79 Å². The Morgan fingerprint density at radius 3 is 2.41 bits per heavy atom. The van der Waals surface area contributed by atoms with Crippen molar-refractivity contribution in [3.63, 3.8) is 0 Å². The molecule has 3 N–H and O–H groups in total. The number of amides is 1. The van der Waals surface area contributed by atoms with E-state index < -0.39 is 29.6 Å². The van der Waals surface area contributed by atoms with Gasteiger partial charge < -0.3 is 15.4 Å². The SMILES string of the molecule is O=C(NC(C(=O)O)c1ccc(F)cc1)c1cc(Cl)c2nc(-c3c(F)cccc3Cl)[nH]c2c1. The van der Waals surface area contributed by atoms with Gasteiger partial charge in [-0.15, -0.1) is 0 Å². The minimum absolute atomic E-state index is 0.0469. The van der Waals surface area contributed by atoms with Crippen molar-refractivity contribution in [1.29, 1.82) is 0 Å². The summed E-state index contributed by atoms with van der Waals surface area (Å²) in [5, 5.41) is 12.1. The molecule has 0 fully saturated rings. The van der Waals surface area contributed by atoms with Crippen molar-refractivity contribution in [1.82, 2.24) is 15.3 Å². The van der Waals surface area contributed by atoms with Gasteiger partial charge in [-0.05, 0) is 42.0 Å². The summed E-state index contributed by atoms with van der Waals surface area (Å²) >= 11 is 12.4. The summed E-state index contributed by atoms with van der Waals surface area (Å²) in [5.41, 5.74) is 0.898. The van der Waals surface area contributed by atoms with Crippen LogP contribution in [0.5, 0.6) is 0 Å². The summed E-state index contributed by atoms with van der Waals surface area (Å²) in [4.78, 5) is 31.6. The first kappa shape index (κ1) is 21.7. The number of rotatable bonds is 5. The van der Waals surface area contributed by atoms with E-state index in [-0.39, 0.29) is 38.1 Å². The Bertz CT molecular complexity index is 1340. The van der Waals surface area contributed by atoms with Gasteiger partial charge in [0, 0.05) is 5.56 Å². The van der Waals surface area contributed by atoms with Crippen LogP contribution in [0, 0.1) is 11.6 Å². The number of carboxylic acid groups (broad SMARTS) is 1. The zero-order valence-corrected chi connectivity index (χ0v) is 17.5. The number of hydrogen-bond donors (Lipinski definition) is 3. The van der Waals surface area contributed by atoms with Crippen LogP contribution in [0.2, 0.25) is 10.0 Å². The molecule has 4 rings (SSSR count). The number of carboxylic acids is 1. The molecule has 3 aromatic carbocycles. The Morgan fingerprint density at radius 2 is 1.75 bits per heavy atom. The molecule has 4 aromatic rings. The first-order valence-electron chi connectivity index (χ1n) is 9.17. The predicted octanol–water partition coefficient (Wildman–Crippen LogP) is 5.37. The Morgan fingerprint density at radius 1 is 1.03 bits per heavy atom. The lowest BCUT2D eigenvalue weighted by Crippen LogP contribution is -2.33. The van der Waals surface area contributed by atoms with Crippen molar-refractivity contribution in [2.45, 2.75) is 6.04 Å². The fourth-order valence-corrected chi connectivity index (χ4v) is 3.72. The number of aliphatic carboxylic acids is 1. The molecule has 32 heavy (non-hydrogen) atoms. The van der Waals surface area contributed by atoms with E-state index in [0.29, 0.717) is 5.52 Å². The Labute approximate surface area is 189 Å². The molecule has 0 radical (unpaired) electrons. The van der Waals surface area contributed by atoms with E-state index in [4.69, 9.17) is 23.2 Å². The largest absolute Gasteiger partial charge is 0.479 e. The van der Waals surface area contributed by atoms with Crippen molar-refractivity contribution < 1.29 is 23.5 Å². The first-order valence-corrected chi connectivity index (χ1v) is 9.93. The molecule has 1 amide bonds. The second kappa shape index (κ2) is 8.57. The molecule has 10 heteroatoms. The van der Waals surface area contributed by atoms with Crippen LogP contribution in [0.1, 0.15) is 22.0 Å². The second-order valence-corrected chi connectivity index (χ2v) is 7.65. The van der Waals surface area contributed by atoms with E-state index in [2.05, 4.69) is 15.3 Å². The highest BCUT2D eigenvalue weighted by Crippen LogP contribution is 2.32. The summed E-state index contributed by atoms with van der Waals surface area (Å²) in [5.74, 6) is -3.06. The number of H-pyrrole nitrogens is 1. The van der Waals surface area contributed by atoms with Gasteiger partial charge in [0.05, 0.1) is 21.1 Å². The number of halogens is 4. The minimum atomic E-state index is -1.41. The lowest BCUT2D eigenvalue weighted by atomic mass is 10.1. The maximum atomic E-state index is 14.3. The zero-order valence-electron chi connectivity index (χ0n) is 16.0. The zero-order chi connectivity index (χ0) is 23.0. The molecule has 0 saturated carbocycles. The topological polar surface area (TPSA) is 95.1 Å². The van der Waals surface area contributed by atoms with Crippen LogP contribution in [0.15, 0.2) is 54.6 Å². The molecule has 0 aliphatic heterocycles. The summed E-state index contributed by atoms with van der Waals surface area (Å²) in [6.45, 7) is 0. The highest BCUT2D eigenvalue weighted by Gasteiger charge is 2.24. The van der Waals surface area contributed by atoms with Gasteiger partial charge >= 0.3 is 5.97 Å². The Balaban J connectivity index is 1.69. The summed E-state index contributed by atoms with van der Waals surface area (Å²) in [6, 6.07) is 10.2. The van der Waals surface area contributed by atoms with Crippen LogP contribution in [0.25, 0.3) is 22.4 Å². The smallest absolute Gasteiger partial charge is 0.330 e. The normalized spacial score (nSPS) is 12.0. The molecule has 1 unspecified atom stereocenters. The van der Waals surface area contributed by atoms with Gasteiger partial charge in [-0.25, -0.2) is 18.6 Å². The maximum absolute atomic E-state index is 14.3. The van der Waals surface area contributed by atoms with E-state index >= 15 is 0 Å². The fraction of sp³-hybridized carbons (Fsp3) is 0.0455. The molecular formula is C22H13Cl2F2N3O3. The van der Waals surface area contributed by atoms with Crippen LogP contribution >= 0.6 is 23.2 Å². The van der Waals surface area contributed by atoms with E-state index in [0.717, 1.165) is 12.1 Å². The maximum Gasteiger partial charge on any atom is 0.330 e. The number of carbonyl (C=O) groups is 2. The van der Waals surface area contributed by atoms with Crippen molar-refractivity contribution in [2.75, 3.05) is 0 Å². The van der Waals surface area contributed by atoms with Crippen molar-refractivity contribution >= 4 is 46.1 Å². The monoisotopic (exact) mass is 475 g/mol. The highest BCUT2D eigenvalue weighted by molar-refractivity contribution is 6.35. The standard InChI is InChI=1S/C22H13Cl2F2N3O3/c23-13-2-1-3-15(26)17(13)20-27-16-9-11(8-14(24)19(16)28-20)21(30)29-18(22(31)32)10-4-6-12(25)7-5-10/h1-9,18H,(H,27,28)(H,29,30)(H,31,32). The van der Waals surface area contributed by atoms with Gasteiger partial charge in [0.15, 0.2) is 6.04 Å². The Hall–Kier alpha value is -3.49. The van der Waals surface area contributed by atoms with Gasteiger partial charge in [0.1, 0.15) is 23.0 Å². The molecule has 0 saturated heterocycles. The molecule has 1 aromatic heterocycles. The van der Waals surface area contributed by atoms with Gasteiger partial charge in [-0.1, -0.05) is 41.4 Å². The molecule has 0 spiro atoms. The van der Waals surface area contributed by atoms with Crippen molar-refractivity contribution in [3.8, 4) is 11.4 Å². The molecule has 1 heterocycles. The van der Waals surface area contributed by atoms with Crippen LogP contribution in [0.3, 0.4) is 0 Å². The van der Waals surface area contributed by atoms with Gasteiger partial charge in [-0.2, -0.15) is 0 Å². The third kappa shape index (κ3) is 4.15. The number of carbonyl (C=O) groups excluding carboxylic acids is 1. The van der Waals surface area contributed by atoms with Gasteiger partial charge in [-0.3, -0.25) is 4.79 Å². The molecule has 1 atom stereocenters. The molecular weight excluding hydrogens is 463 g/mol. The van der Waals surface area contributed by atoms with E-state index in [1.807, 2.05) is 0 Å². The first-order chi connectivity index (χ1) is 15.2. The van der Waals surface area contributed by atoms with Crippen molar-refractivity contribution in [3.05, 3.63) is 87.4 Å². The van der Waals surface area contributed by atoms with E-state index in [1.54, 1.807) is 0 Å². The molecule has 0 aliphatic rings. The third-order valence-electron chi connectivity index (χ3n) is 4.73. The van der Waals surface area contributed by atoms with E-state index in [1.165, 1.54) is 42.5 Å². The summed E-state index contributed by atoms with van der Waals surface area (Å²) in [6.07, 6.45) is 0.